The van der Waals surface area contributed by atoms with Crippen LogP contribution in [0.15, 0.2) is 12.3 Å². The molecule has 22 heavy (non-hydrogen) atoms. The summed E-state index contributed by atoms with van der Waals surface area (Å²) in [5.74, 6) is -0.143. The second-order valence-electron chi connectivity index (χ2n) is 5.74. The average Bonchev–Trinajstić information content (AvgIpc) is 2.94. The zero-order chi connectivity index (χ0) is 16.3. The van der Waals surface area contributed by atoms with Crippen molar-refractivity contribution in [3.05, 3.63) is 23.5 Å². The average molecular weight is 327 g/mol. The van der Waals surface area contributed by atoms with Crippen molar-refractivity contribution < 1.29 is 18.0 Å². The number of nitrogens with one attached hydrogen (secondary N) is 2. The number of sulfonamides is 1. The molecule has 0 aromatic carbocycles. The number of likely N-dealkylation sites (tertiary alicyclic amines) is 1. The van der Waals surface area contributed by atoms with Crippen LogP contribution in [-0.2, 0) is 10.0 Å². The normalized spacial score (nSPS) is 19.2. The molecule has 1 aromatic heterocycles. The highest BCUT2D eigenvalue weighted by atomic mass is 32.2. The van der Waals surface area contributed by atoms with E-state index in [0.29, 0.717) is 30.9 Å². The largest absolute Gasteiger partial charge is 0.356 e. The van der Waals surface area contributed by atoms with Gasteiger partial charge in [-0.3, -0.25) is 9.59 Å². The van der Waals surface area contributed by atoms with Crippen LogP contribution in [-0.4, -0.2) is 55.9 Å². The standard InChI is InChI=1S/C14H21N3O4S/c1-10(18)12-6-13(15-8-12)14(19)17-5-3-4-11(9-17)7-16-22(2,20)21/h6,8,11,15-16H,3-5,7,9H2,1-2H3/t11-/m0/s1. The Balaban J connectivity index is 1.98. The van der Waals surface area contributed by atoms with Crippen molar-refractivity contribution in [1.29, 1.82) is 0 Å². The highest BCUT2D eigenvalue weighted by molar-refractivity contribution is 7.88. The Morgan fingerprint density at radius 3 is 2.77 bits per heavy atom. The lowest BCUT2D eigenvalue weighted by molar-refractivity contribution is 0.0671. The lowest BCUT2D eigenvalue weighted by Crippen LogP contribution is -2.43. The van der Waals surface area contributed by atoms with E-state index in [-0.39, 0.29) is 17.6 Å². The Bertz CT molecular complexity index is 665. The van der Waals surface area contributed by atoms with Gasteiger partial charge in [-0.05, 0) is 31.7 Å². The maximum Gasteiger partial charge on any atom is 0.270 e. The van der Waals surface area contributed by atoms with E-state index in [1.165, 1.54) is 13.1 Å². The number of piperidine rings is 1. The number of aromatic nitrogens is 1. The number of carbonyl (C=O) groups is 2. The molecule has 1 fully saturated rings. The Hall–Kier alpha value is -1.67. The van der Waals surface area contributed by atoms with Gasteiger partial charge in [0.2, 0.25) is 10.0 Å². The molecule has 2 N–H and O–H groups in total. The summed E-state index contributed by atoms with van der Waals surface area (Å²) >= 11 is 0. The first kappa shape index (κ1) is 16.7. The molecule has 2 heterocycles. The molecule has 0 saturated carbocycles. The number of carbonyl (C=O) groups excluding carboxylic acids is 2. The molecule has 0 spiro atoms. The lowest BCUT2D eigenvalue weighted by atomic mass is 9.98. The topological polar surface area (TPSA) is 99.3 Å². The SMILES string of the molecule is CC(=O)c1c[nH]c(C(=O)N2CCC[C@@H](CNS(C)(=O)=O)C2)c1. The third-order valence-corrected chi connectivity index (χ3v) is 4.45. The second kappa shape index (κ2) is 6.62. The molecule has 0 unspecified atom stereocenters. The molecule has 1 saturated heterocycles. The molecule has 8 heteroatoms. The number of amides is 1. The minimum atomic E-state index is -3.22. The predicted molar refractivity (Wildman–Crippen MR) is 82.3 cm³/mol. The summed E-state index contributed by atoms with van der Waals surface area (Å²) in [6.45, 7) is 2.94. The lowest BCUT2D eigenvalue weighted by Gasteiger charge is -2.32. The van der Waals surface area contributed by atoms with Gasteiger partial charge in [-0.15, -0.1) is 0 Å². The van der Waals surface area contributed by atoms with Crippen LogP contribution in [0.5, 0.6) is 0 Å². The van der Waals surface area contributed by atoms with Crippen LogP contribution >= 0.6 is 0 Å². The van der Waals surface area contributed by atoms with E-state index < -0.39 is 10.0 Å². The number of hydrogen-bond acceptors (Lipinski definition) is 4. The molecule has 1 aliphatic heterocycles. The Morgan fingerprint density at radius 2 is 2.18 bits per heavy atom. The number of ketones is 1. The van der Waals surface area contributed by atoms with Gasteiger partial charge in [0, 0.05) is 31.4 Å². The molecule has 1 atom stereocenters. The fraction of sp³-hybridized carbons (Fsp3) is 0.571. The van der Waals surface area contributed by atoms with Crippen LogP contribution in [0, 0.1) is 5.92 Å². The number of rotatable bonds is 5. The van der Waals surface area contributed by atoms with Gasteiger partial charge in [0.15, 0.2) is 5.78 Å². The highest BCUT2D eigenvalue weighted by Crippen LogP contribution is 2.18. The molecule has 1 aromatic rings. The maximum absolute atomic E-state index is 12.4. The minimum Gasteiger partial charge on any atom is -0.356 e. The molecular formula is C14H21N3O4S. The number of H-pyrrole nitrogens is 1. The Morgan fingerprint density at radius 1 is 1.45 bits per heavy atom. The monoisotopic (exact) mass is 327 g/mol. The van der Waals surface area contributed by atoms with E-state index in [9.17, 15) is 18.0 Å². The van der Waals surface area contributed by atoms with Crippen molar-refractivity contribution in [2.24, 2.45) is 5.92 Å². The van der Waals surface area contributed by atoms with E-state index in [2.05, 4.69) is 9.71 Å². The molecule has 0 bridgehead atoms. The molecule has 0 aliphatic carbocycles. The first-order chi connectivity index (χ1) is 10.3. The van der Waals surface area contributed by atoms with Crippen LogP contribution in [0.1, 0.15) is 40.6 Å². The van der Waals surface area contributed by atoms with Crippen molar-refractivity contribution in [1.82, 2.24) is 14.6 Å². The van der Waals surface area contributed by atoms with Crippen molar-refractivity contribution in [2.75, 3.05) is 25.9 Å². The van der Waals surface area contributed by atoms with E-state index in [1.54, 1.807) is 11.0 Å². The first-order valence-corrected chi connectivity index (χ1v) is 9.08. The molecule has 0 radical (unpaired) electrons. The van der Waals surface area contributed by atoms with Gasteiger partial charge in [0.25, 0.3) is 5.91 Å². The van der Waals surface area contributed by atoms with Crippen molar-refractivity contribution in [3.8, 4) is 0 Å². The Labute approximate surface area is 130 Å². The molecule has 2 rings (SSSR count). The van der Waals surface area contributed by atoms with Gasteiger partial charge in [0.1, 0.15) is 5.69 Å². The number of hydrogen-bond donors (Lipinski definition) is 2. The fourth-order valence-electron chi connectivity index (χ4n) is 2.58. The zero-order valence-electron chi connectivity index (χ0n) is 12.8. The fourth-order valence-corrected chi connectivity index (χ4v) is 3.12. The van der Waals surface area contributed by atoms with Gasteiger partial charge in [-0.2, -0.15) is 0 Å². The van der Waals surface area contributed by atoms with E-state index >= 15 is 0 Å². The summed E-state index contributed by atoms with van der Waals surface area (Å²) in [5, 5.41) is 0. The van der Waals surface area contributed by atoms with Gasteiger partial charge in [-0.25, -0.2) is 13.1 Å². The van der Waals surface area contributed by atoms with Crippen LogP contribution in [0.3, 0.4) is 0 Å². The van der Waals surface area contributed by atoms with Crippen LogP contribution < -0.4 is 4.72 Å². The van der Waals surface area contributed by atoms with Gasteiger partial charge in [0.05, 0.1) is 6.26 Å². The number of nitrogens with zero attached hydrogens (tertiary/aromatic N) is 1. The van der Waals surface area contributed by atoms with Gasteiger partial charge < -0.3 is 9.88 Å². The van der Waals surface area contributed by atoms with Crippen LogP contribution in [0.25, 0.3) is 0 Å². The summed E-state index contributed by atoms with van der Waals surface area (Å²) in [5.41, 5.74) is 0.873. The number of aromatic amines is 1. The summed E-state index contributed by atoms with van der Waals surface area (Å²) < 4.78 is 24.8. The van der Waals surface area contributed by atoms with Crippen LogP contribution in [0.4, 0.5) is 0 Å². The van der Waals surface area contributed by atoms with Crippen molar-refractivity contribution in [2.45, 2.75) is 19.8 Å². The number of Topliss-reactive ketones (excluding diaryl/α,β-unsaturated/α-hetero) is 1. The van der Waals surface area contributed by atoms with E-state index in [1.807, 2.05) is 0 Å². The maximum atomic E-state index is 12.4. The highest BCUT2D eigenvalue weighted by Gasteiger charge is 2.26. The molecule has 1 amide bonds. The van der Waals surface area contributed by atoms with Crippen molar-refractivity contribution in [3.63, 3.8) is 0 Å². The molecule has 122 valence electrons. The first-order valence-electron chi connectivity index (χ1n) is 7.19. The van der Waals surface area contributed by atoms with Crippen molar-refractivity contribution >= 4 is 21.7 Å². The summed E-state index contributed by atoms with van der Waals surface area (Å²) in [6, 6.07) is 1.56. The molecule has 7 nitrogen and oxygen atoms in total. The quantitative estimate of drug-likeness (QED) is 0.774. The third-order valence-electron chi connectivity index (χ3n) is 3.76. The smallest absolute Gasteiger partial charge is 0.270 e. The minimum absolute atomic E-state index is 0.0934. The molecular weight excluding hydrogens is 306 g/mol. The molecule has 1 aliphatic rings. The summed E-state index contributed by atoms with van der Waals surface area (Å²) in [4.78, 5) is 28.2. The van der Waals surface area contributed by atoms with E-state index in [4.69, 9.17) is 0 Å². The van der Waals surface area contributed by atoms with Gasteiger partial charge in [-0.1, -0.05) is 0 Å². The zero-order valence-corrected chi connectivity index (χ0v) is 13.6. The summed E-state index contributed by atoms with van der Waals surface area (Å²) in [6.07, 6.45) is 4.38. The summed E-state index contributed by atoms with van der Waals surface area (Å²) in [7, 11) is -3.22. The van der Waals surface area contributed by atoms with Gasteiger partial charge >= 0.3 is 0 Å². The Kier molecular flexibility index (Phi) is 5.02. The third kappa shape index (κ3) is 4.41. The second-order valence-corrected chi connectivity index (χ2v) is 7.57. The predicted octanol–water partition coefficient (Wildman–Crippen LogP) is 0.619. The van der Waals surface area contributed by atoms with E-state index in [0.717, 1.165) is 19.1 Å². The van der Waals surface area contributed by atoms with Crippen LogP contribution in [0.2, 0.25) is 0 Å².